The van der Waals surface area contributed by atoms with Crippen LogP contribution in [0.15, 0.2) is 11.6 Å². The third-order valence-corrected chi connectivity index (χ3v) is 1.50. The molecule has 5 heteroatoms. The molecule has 0 amide bonds. The van der Waals surface area contributed by atoms with Crippen LogP contribution in [0.1, 0.15) is 27.2 Å². The first-order valence-electron chi connectivity index (χ1n) is 4.52. The smallest absolute Gasteiger partial charge is 0.341 e. The fourth-order valence-electron chi connectivity index (χ4n) is 0.828. The molecule has 0 aliphatic rings. The molecule has 84 valence electrons. The molecular weight excluding hydrogens is 200 g/mol. The Bertz CT molecular complexity index is 290. The van der Waals surface area contributed by atoms with E-state index in [2.05, 4.69) is 9.47 Å². The van der Waals surface area contributed by atoms with Crippen LogP contribution in [0.5, 0.6) is 0 Å². The Hall–Kier alpha value is -1.65. The van der Waals surface area contributed by atoms with Crippen molar-refractivity contribution in [2.75, 3.05) is 6.61 Å². The maximum Gasteiger partial charge on any atom is 0.341 e. The molecule has 15 heavy (non-hydrogen) atoms. The zero-order chi connectivity index (χ0) is 11.8. The zero-order valence-corrected chi connectivity index (χ0v) is 9.03. The molecule has 0 saturated heterocycles. The molecule has 0 unspecified atom stereocenters. The van der Waals surface area contributed by atoms with Crippen molar-refractivity contribution in [1.29, 1.82) is 0 Å². The van der Waals surface area contributed by atoms with Gasteiger partial charge in [0.2, 0.25) is 0 Å². The van der Waals surface area contributed by atoms with Crippen LogP contribution in [-0.4, -0.2) is 24.5 Å². The summed E-state index contributed by atoms with van der Waals surface area (Å²) in [5.41, 5.74) is 0.312. The Balaban J connectivity index is 4.27. The minimum absolute atomic E-state index is 0.00547. The highest BCUT2D eigenvalue weighted by molar-refractivity contribution is 5.95. The minimum atomic E-state index is -0.697. The van der Waals surface area contributed by atoms with Crippen molar-refractivity contribution in [3.8, 4) is 0 Å². The summed E-state index contributed by atoms with van der Waals surface area (Å²) in [6, 6.07) is 0. The summed E-state index contributed by atoms with van der Waals surface area (Å²) in [4.78, 5) is 32.1. The molecule has 0 radical (unpaired) electrons. The third-order valence-electron chi connectivity index (χ3n) is 1.50. The Morgan fingerprint density at radius 2 is 1.73 bits per heavy atom. The lowest BCUT2D eigenvalue weighted by Crippen LogP contribution is -2.12. The third kappa shape index (κ3) is 6.42. The van der Waals surface area contributed by atoms with Crippen molar-refractivity contribution < 1.29 is 23.9 Å². The van der Waals surface area contributed by atoms with Gasteiger partial charge in [0.1, 0.15) is 6.61 Å². The monoisotopic (exact) mass is 214 g/mol. The molecule has 0 aromatic rings. The summed E-state index contributed by atoms with van der Waals surface area (Å²) in [5, 5.41) is 0. The second-order valence-corrected chi connectivity index (χ2v) is 2.77. The van der Waals surface area contributed by atoms with E-state index in [-0.39, 0.29) is 6.61 Å². The van der Waals surface area contributed by atoms with Crippen LogP contribution in [0.3, 0.4) is 0 Å². The number of carbonyl (C=O) groups excluding carboxylic acids is 3. The Morgan fingerprint density at radius 3 is 2.13 bits per heavy atom. The highest BCUT2D eigenvalue weighted by Gasteiger charge is 2.10. The van der Waals surface area contributed by atoms with Gasteiger partial charge in [-0.15, -0.1) is 0 Å². The normalized spacial score (nSPS) is 10.7. The van der Waals surface area contributed by atoms with E-state index < -0.39 is 17.9 Å². The summed E-state index contributed by atoms with van der Waals surface area (Å²) in [6.07, 6.45) is 1.83. The number of rotatable bonds is 4. The van der Waals surface area contributed by atoms with Crippen LogP contribution in [0.4, 0.5) is 0 Å². The number of hydrogen-bond acceptors (Lipinski definition) is 5. The first kappa shape index (κ1) is 13.4. The predicted molar refractivity (Wildman–Crippen MR) is 51.8 cm³/mol. The molecule has 0 rings (SSSR count). The Kier molecular flexibility index (Phi) is 6.01. The van der Waals surface area contributed by atoms with Crippen molar-refractivity contribution in [2.24, 2.45) is 0 Å². The lowest BCUT2D eigenvalue weighted by Gasteiger charge is -2.03. The second-order valence-electron chi connectivity index (χ2n) is 2.77. The van der Waals surface area contributed by atoms with Crippen molar-refractivity contribution in [3.63, 3.8) is 0 Å². The molecule has 0 atom stereocenters. The molecule has 0 heterocycles. The largest absolute Gasteiger partial charge is 0.462 e. The second kappa shape index (κ2) is 6.75. The van der Waals surface area contributed by atoms with Gasteiger partial charge in [-0.3, -0.25) is 9.59 Å². The molecule has 0 N–H and O–H groups in total. The number of carbonyl (C=O) groups is 3. The summed E-state index contributed by atoms with van der Waals surface area (Å²) >= 11 is 0. The molecule has 0 saturated carbocycles. The van der Waals surface area contributed by atoms with Gasteiger partial charge in [0.25, 0.3) is 0 Å². The zero-order valence-electron chi connectivity index (χ0n) is 9.03. The maximum atomic E-state index is 11.2. The fraction of sp³-hybridized carbons (Fsp3) is 0.500. The van der Waals surface area contributed by atoms with Gasteiger partial charge >= 0.3 is 17.9 Å². The van der Waals surface area contributed by atoms with E-state index in [1.54, 1.807) is 6.92 Å². The van der Waals surface area contributed by atoms with Gasteiger partial charge in [-0.2, -0.15) is 0 Å². The molecule has 0 fully saturated rings. The van der Waals surface area contributed by atoms with Gasteiger partial charge < -0.3 is 9.47 Å². The van der Waals surface area contributed by atoms with Crippen molar-refractivity contribution >= 4 is 17.9 Å². The Morgan fingerprint density at radius 1 is 1.13 bits per heavy atom. The summed E-state index contributed by atoms with van der Waals surface area (Å²) in [7, 11) is 0. The van der Waals surface area contributed by atoms with E-state index in [9.17, 15) is 14.4 Å². The van der Waals surface area contributed by atoms with E-state index >= 15 is 0 Å². The molecule has 0 bridgehead atoms. The molecular formula is C10H14O5. The fourth-order valence-corrected chi connectivity index (χ4v) is 0.828. The van der Waals surface area contributed by atoms with Crippen LogP contribution in [0.25, 0.3) is 0 Å². The van der Waals surface area contributed by atoms with E-state index in [0.717, 1.165) is 6.92 Å². The lowest BCUT2D eigenvalue weighted by molar-refractivity contribution is -0.155. The number of hydrogen-bond donors (Lipinski definition) is 0. The Labute approximate surface area is 88.0 Å². The van der Waals surface area contributed by atoms with E-state index in [4.69, 9.17) is 0 Å². The van der Waals surface area contributed by atoms with Crippen LogP contribution in [0, 0.1) is 0 Å². The van der Waals surface area contributed by atoms with Gasteiger partial charge in [0.05, 0.1) is 0 Å². The van der Waals surface area contributed by atoms with Crippen molar-refractivity contribution in [3.05, 3.63) is 11.6 Å². The minimum Gasteiger partial charge on any atom is -0.462 e. The summed E-state index contributed by atoms with van der Waals surface area (Å²) < 4.78 is 9.00. The van der Waals surface area contributed by atoms with E-state index in [1.165, 1.54) is 13.0 Å². The van der Waals surface area contributed by atoms with Gasteiger partial charge in [0, 0.05) is 19.4 Å². The standard InChI is InChI=1S/C10H14O5/c1-4-9(5-6-14-7(2)11)10(13)15-8(3)12/h5H,4,6H2,1-3H3. The van der Waals surface area contributed by atoms with Crippen LogP contribution in [0.2, 0.25) is 0 Å². The number of ether oxygens (including phenoxy) is 2. The van der Waals surface area contributed by atoms with Crippen molar-refractivity contribution in [1.82, 2.24) is 0 Å². The molecule has 0 aromatic carbocycles. The number of esters is 3. The van der Waals surface area contributed by atoms with Crippen LogP contribution >= 0.6 is 0 Å². The predicted octanol–water partition coefficient (Wildman–Crippen LogP) is 0.976. The van der Waals surface area contributed by atoms with Crippen LogP contribution < -0.4 is 0 Å². The first-order chi connectivity index (χ1) is 6.97. The summed E-state index contributed by atoms with van der Waals surface area (Å²) in [5.74, 6) is -1.79. The SMILES string of the molecule is CCC(=CCOC(C)=O)C(=O)OC(C)=O. The van der Waals surface area contributed by atoms with Gasteiger partial charge in [0.15, 0.2) is 0 Å². The molecule has 0 aromatic heterocycles. The topological polar surface area (TPSA) is 69.7 Å². The van der Waals surface area contributed by atoms with Crippen LogP contribution in [-0.2, 0) is 23.9 Å². The van der Waals surface area contributed by atoms with Gasteiger partial charge in [-0.25, -0.2) is 4.79 Å². The van der Waals surface area contributed by atoms with E-state index in [1.807, 2.05) is 0 Å². The summed E-state index contributed by atoms with van der Waals surface area (Å²) in [6.45, 7) is 4.16. The molecule has 5 nitrogen and oxygen atoms in total. The molecule has 0 spiro atoms. The van der Waals surface area contributed by atoms with Gasteiger partial charge in [-0.05, 0) is 12.5 Å². The lowest BCUT2D eigenvalue weighted by atomic mass is 10.2. The van der Waals surface area contributed by atoms with Crippen molar-refractivity contribution in [2.45, 2.75) is 27.2 Å². The quantitative estimate of drug-likeness (QED) is 0.396. The first-order valence-corrected chi connectivity index (χ1v) is 4.52. The molecule has 0 aliphatic carbocycles. The molecule has 0 aliphatic heterocycles. The highest BCUT2D eigenvalue weighted by atomic mass is 16.6. The average Bonchev–Trinajstić information content (AvgIpc) is 2.10. The maximum absolute atomic E-state index is 11.2. The highest BCUT2D eigenvalue weighted by Crippen LogP contribution is 2.03. The van der Waals surface area contributed by atoms with Gasteiger partial charge in [-0.1, -0.05) is 6.92 Å². The average molecular weight is 214 g/mol. The van der Waals surface area contributed by atoms with E-state index in [0.29, 0.717) is 12.0 Å².